The number of rotatable bonds is 12. The first-order valence-corrected chi connectivity index (χ1v) is 13.6. The van der Waals surface area contributed by atoms with Crippen LogP contribution in [0, 0.1) is 5.92 Å². The number of benzene rings is 1. The monoisotopic (exact) mass is 518 g/mol. The summed E-state index contributed by atoms with van der Waals surface area (Å²) in [4.78, 5) is 36.5. The summed E-state index contributed by atoms with van der Waals surface area (Å²) in [5, 5.41) is 11.5. The molecule has 2 rings (SSSR count). The standard InChI is InChI=1S/C28H46N4O5/c1-6-17-36-25(34)31-27(2,3)22-14-10-15-23(19-22)28(4,5)32-26(35)37-18-11-16-29-24(33)30-20-21-12-8-7-9-13-21/h10,14-15,19,21H,6-9,11-13,16-18,20H2,1-5H3,(H,31,34)(H,32,35)(H2,29,30,33). The van der Waals surface area contributed by atoms with E-state index in [1.807, 2.05) is 58.9 Å². The molecule has 4 amide bonds. The second-order valence-corrected chi connectivity index (χ2v) is 10.8. The Labute approximate surface area is 221 Å². The molecule has 0 radical (unpaired) electrons. The number of carbonyl (C=O) groups is 3. The van der Waals surface area contributed by atoms with Gasteiger partial charge in [-0.2, -0.15) is 0 Å². The third-order valence-corrected chi connectivity index (χ3v) is 6.69. The first kappa shape index (κ1) is 30.3. The summed E-state index contributed by atoms with van der Waals surface area (Å²) < 4.78 is 10.5. The lowest BCUT2D eigenvalue weighted by Gasteiger charge is -2.30. The summed E-state index contributed by atoms with van der Waals surface area (Å²) in [5.41, 5.74) is 0.389. The number of nitrogens with one attached hydrogen (secondary N) is 4. The minimum atomic E-state index is -0.705. The molecule has 0 heterocycles. The molecule has 0 spiro atoms. The van der Waals surface area contributed by atoms with Gasteiger partial charge in [-0.15, -0.1) is 0 Å². The Hall–Kier alpha value is -2.97. The fraction of sp³-hybridized carbons (Fsp3) is 0.679. The Morgan fingerprint density at radius 3 is 2.00 bits per heavy atom. The third kappa shape index (κ3) is 10.9. The van der Waals surface area contributed by atoms with E-state index in [1.54, 1.807) is 0 Å². The fourth-order valence-electron chi connectivity index (χ4n) is 4.35. The minimum Gasteiger partial charge on any atom is -0.450 e. The topological polar surface area (TPSA) is 118 Å². The van der Waals surface area contributed by atoms with E-state index in [-0.39, 0.29) is 12.6 Å². The second-order valence-electron chi connectivity index (χ2n) is 10.8. The quantitative estimate of drug-likeness (QED) is 0.281. The number of ether oxygens (including phenoxy) is 2. The first-order chi connectivity index (χ1) is 17.5. The van der Waals surface area contributed by atoms with Crippen LogP contribution in [-0.4, -0.2) is 44.5 Å². The zero-order valence-corrected chi connectivity index (χ0v) is 23.2. The van der Waals surface area contributed by atoms with Gasteiger partial charge in [-0.3, -0.25) is 0 Å². The van der Waals surface area contributed by atoms with Gasteiger partial charge in [0.15, 0.2) is 0 Å². The van der Waals surface area contributed by atoms with Crippen LogP contribution in [0.2, 0.25) is 0 Å². The van der Waals surface area contributed by atoms with Crippen LogP contribution in [0.15, 0.2) is 24.3 Å². The molecule has 4 N–H and O–H groups in total. The van der Waals surface area contributed by atoms with Gasteiger partial charge in [0.05, 0.1) is 24.3 Å². The van der Waals surface area contributed by atoms with Gasteiger partial charge in [0.25, 0.3) is 0 Å². The van der Waals surface area contributed by atoms with Crippen LogP contribution in [0.1, 0.15) is 90.7 Å². The highest BCUT2D eigenvalue weighted by Crippen LogP contribution is 2.27. The molecule has 37 heavy (non-hydrogen) atoms. The van der Waals surface area contributed by atoms with Crippen molar-refractivity contribution >= 4 is 18.2 Å². The SMILES string of the molecule is CCCOC(=O)NC(C)(C)c1cccc(C(C)(C)NC(=O)OCCCNC(=O)NCC2CCCCC2)c1. The Bertz CT molecular complexity index is 881. The smallest absolute Gasteiger partial charge is 0.407 e. The number of alkyl carbamates (subject to hydrolysis) is 2. The maximum absolute atomic E-state index is 12.4. The van der Waals surface area contributed by atoms with Crippen LogP contribution >= 0.6 is 0 Å². The van der Waals surface area contributed by atoms with Gasteiger partial charge < -0.3 is 30.7 Å². The van der Waals surface area contributed by atoms with Gasteiger partial charge in [-0.05, 0) is 70.4 Å². The Kier molecular flexibility index (Phi) is 12.0. The van der Waals surface area contributed by atoms with Gasteiger partial charge in [0, 0.05) is 13.1 Å². The fourth-order valence-corrected chi connectivity index (χ4v) is 4.35. The molecule has 1 saturated carbocycles. The molecule has 1 aromatic rings. The van der Waals surface area contributed by atoms with Crippen molar-refractivity contribution in [3.63, 3.8) is 0 Å². The molecule has 1 aliphatic carbocycles. The first-order valence-electron chi connectivity index (χ1n) is 13.6. The van der Waals surface area contributed by atoms with E-state index in [2.05, 4.69) is 21.3 Å². The zero-order valence-electron chi connectivity index (χ0n) is 23.2. The van der Waals surface area contributed by atoms with E-state index in [1.165, 1.54) is 32.1 Å². The molecule has 9 nitrogen and oxygen atoms in total. The normalized spacial score (nSPS) is 14.4. The molecule has 9 heteroatoms. The lowest BCUT2D eigenvalue weighted by Crippen LogP contribution is -2.43. The van der Waals surface area contributed by atoms with Crippen LogP contribution in [0.3, 0.4) is 0 Å². The highest BCUT2D eigenvalue weighted by molar-refractivity contribution is 5.73. The average Bonchev–Trinajstić information content (AvgIpc) is 2.86. The lowest BCUT2D eigenvalue weighted by atomic mass is 9.87. The van der Waals surface area contributed by atoms with Gasteiger partial charge >= 0.3 is 18.2 Å². The van der Waals surface area contributed by atoms with Crippen LogP contribution in [-0.2, 0) is 20.6 Å². The van der Waals surface area contributed by atoms with Gasteiger partial charge in [0.1, 0.15) is 0 Å². The van der Waals surface area contributed by atoms with Crippen molar-refractivity contribution in [3.05, 3.63) is 35.4 Å². The van der Waals surface area contributed by atoms with E-state index in [0.29, 0.717) is 25.5 Å². The van der Waals surface area contributed by atoms with Crippen molar-refractivity contribution in [1.29, 1.82) is 0 Å². The van der Waals surface area contributed by atoms with Gasteiger partial charge in [0.2, 0.25) is 0 Å². The van der Waals surface area contributed by atoms with E-state index >= 15 is 0 Å². The Morgan fingerprint density at radius 1 is 0.865 bits per heavy atom. The minimum absolute atomic E-state index is 0.174. The van der Waals surface area contributed by atoms with E-state index in [9.17, 15) is 14.4 Å². The van der Waals surface area contributed by atoms with Gasteiger partial charge in [-0.1, -0.05) is 50.5 Å². The van der Waals surface area contributed by atoms with Crippen molar-refractivity contribution in [2.24, 2.45) is 5.92 Å². The summed E-state index contributed by atoms with van der Waals surface area (Å²) in [6.45, 7) is 11.2. The average molecular weight is 519 g/mol. The molecular weight excluding hydrogens is 472 g/mol. The van der Waals surface area contributed by atoms with Crippen molar-refractivity contribution in [1.82, 2.24) is 21.3 Å². The Balaban J connectivity index is 1.74. The maximum atomic E-state index is 12.4. The van der Waals surface area contributed by atoms with E-state index < -0.39 is 23.3 Å². The summed E-state index contributed by atoms with van der Waals surface area (Å²) >= 11 is 0. The number of amides is 4. The highest BCUT2D eigenvalue weighted by atomic mass is 16.6. The molecule has 0 aliphatic heterocycles. The summed E-state index contributed by atoms with van der Waals surface area (Å²) in [7, 11) is 0. The molecule has 0 aromatic heterocycles. The molecule has 0 bridgehead atoms. The molecule has 1 aliphatic rings. The predicted molar refractivity (Wildman–Crippen MR) is 144 cm³/mol. The second kappa shape index (κ2) is 14.7. The third-order valence-electron chi connectivity index (χ3n) is 6.69. The molecular formula is C28H46N4O5. The van der Waals surface area contributed by atoms with E-state index in [4.69, 9.17) is 9.47 Å². The van der Waals surface area contributed by atoms with Crippen molar-refractivity contribution in [2.75, 3.05) is 26.3 Å². The molecule has 0 unspecified atom stereocenters. The number of hydrogen-bond acceptors (Lipinski definition) is 5. The van der Waals surface area contributed by atoms with Gasteiger partial charge in [-0.25, -0.2) is 14.4 Å². The largest absolute Gasteiger partial charge is 0.450 e. The number of urea groups is 1. The number of carbonyl (C=O) groups excluding carboxylic acids is 3. The van der Waals surface area contributed by atoms with Crippen LogP contribution in [0.25, 0.3) is 0 Å². The summed E-state index contributed by atoms with van der Waals surface area (Å²) in [5.74, 6) is 0.584. The molecule has 1 aromatic carbocycles. The Morgan fingerprint density at radius 2 is 1.43 bits per heavy atom. The van der Waals surface area contributed by atoms with Crippen LogP contribution in [0.4, 0.5) is 14.4 Å². The van der Waals surface area contributed by atoms with E-state index in [0.717, 1.165) is 24.1 Å². The highest BCUT2D eigenvalue weighted by Gasteiger charge is 2.28. The maximum Gasteiger partial charge on any atom is 0.407 e. The zero-order chi connectivity index (χ0) is 27.3. The summed E-state index contributed by atoms with van der Waals surface area (Å²) in [6.07, 6.45) is 6.46. The predicted octanol–water partition coefficient (Wildman–Crippen LogP) is 5.29. The van der Waals surface area contributed by atoms with Crippen LogP contribution < -0.4 is 21.3 Å². The van der Waals surface area contributed by atoms with Crippen molar-refractivity contribution in [3.8, 4) is 0 Å². The molecule has 208 valence electrons. The summed E-state index contributed by atoms with van der Waals surface area (Å²) in [6, 6.07) is 7.52. The van der Waals surface area contributed by atoms with Crippen molar-refractivity contribution < 1.29 is 23.9 Å². The molecule has 1 fully saturated rings. The molecule has 0 saturated heterocycles. The van der Waals surface area contributed by atoms with Crippen LogP contribution in [0.5, 0.6) is 0 Å². The lowest BCUT2D eigenvalue weighted by molar-refractivity contribution is 0.134. The molecule has 0 atom stereocenters. The van der Waals surface area contributed by atoms with Crippen molar-refractivity contribution in [2.45, 2.75) is 90.6 Å². The number of hydrogen-bond donors (Lipinski definition) is 4.